The largest absolute Gasteiger partial charge is 0.492 e. The predicted octanol–water partition coefficient (Wildman–Crippen LogP) is 3.24. The molecule has 1 amide bonds. The number of fused-ring (bicyclic) bond motifs is 1. The molecule has 4 rings (SSSR count). The number of likely N-dealkylation sites (tertiary alicyclic amines) is 1. The van der Waals surface area contributed by atoms with Crippen molar-refractivity contribution in [1.29, 1.82) is 0 Å². The van der Waals surface area contributed by atoms with Gasteiger partial charge in [-0.1, -0.05) is 12.6 Å². The van der Waals surface area contributed by atoms with E-state index in [0.29, 0.717) is 30.2 Å². The number of amides is 1. The molecule has 30 heavy (non-hydrogen) atoms. The number of nitrogens with one attached hydrogen (secondary N) is 1. The quantitative estimate of drug-likeness (QED) is 0.658. The van der Waals surface area contributed by atoms with Gasteiger partial charge in [-0.05, 0) is 37.1 Å². The number of piperidine rings is 1. The van der Waals surface area contributed by atoms with Crippen molar-refractivity contribution in [2.45, 2.75) is 12.8 Å². The highest BCUT2D eigenvalue weighted by Gasteiger charge is 2.25. The lowest BCUT2D eigenvalue weighted by Gasteiger charge is -2.33. The molecular formula is C23H27N5O2. The molecule has 0 saturated carbocycles. The Labute approximate surface area is 176 Å². The van der Waals surface area contributed by atoms with E-state index in [1.165, 1.54) is 0 Å². The molecule has 1 fully saturated rings. The zero-order chi connectivity index (χ0) is 21.1. The number of hydrogen-bond donors (Lipinski definition) is 2. The number of carbonyl (C=O) groups excluding carboxylic acids is 1. The monoisotopic (exact) mass is 405 g/mol. The summed E-state index contributed by atoms with van der Waals surface area (Å²) in [5.41, 5.74) is 9.56. The van der Waals surface area contributed by atoms with Gasteiger partial charge in [0.2, 0.25) is 0 Å². The molecule has 1 saturated heterocycles. The average Bonchev–Trinajstić information content (AvgIpc) is 3.24. The first-order valence-electron chi connectivity index (χ1n) is 10.2. The van der Waals surface area contributed by atoms with Gasteiger partial charge in [0.15, 0.2) is 0 Å². The highest BCUT2D eigenvalue weighted by atomic mass is 16.5. The third-order valence-corrected chi connectivity index (χ3v) is 5.54. The number of anilines is 1. The van der Waals surface area contributed by atoms with Crippen molar-refractivity contribution in [3.63, 3.8) is 0 Å². The van der Waals surface area contributed by atoms with Crippen LogP contribution in [0.2, 0.25) is 0 Å². The topological polar surface area (TPSA) is 84.9 Å². The molecule has 0 radical (unpaired) electrons. The molecule has 3 N–H and O–H groups in total. The molecule has 1 aliphatic heterocycles. The Morgan fingerprint density at radius 2 is 2.23 bits per heavy atom. The molecule has 2 aromatic heterocycles. The molecule has 0 spiro atoms. The summed E-state index contributed by atoms with van der Waals surface area (Å²) in [4.78, 5) is 19.2. The fraction of sp³-hybridized carbons (Fsp3) is 0.304. The molecule has 3 aromatic rings. The van der Waals surface area contributed by atoms with E-state index in [2.05, 4.69) is 16.9 Å². The van der Waals surface area contributed by atoms with Gasteiger partial charge in [0.1, 0.15) is 11.4 Å². The highest BCUT2D eigenvalue weighted by Crippen LogP contribution is 2.31. The summed E-state index contributed by atoms with van der Waals surface area (Å²) in [6.07, 6.45) is 7.44. The predicted molar refractivity (Wildman–Crippen MR) is 119 cm³/mol. The lowest BCUT2D eigenvalue weighted by molar-refractivity contribution is 0.0633. The Bertz CT molecular complexity index is 1070. The molecule has 3 heterocycles. The smallest absolute Gasteiger partial charge is 0.254 e. The van der Waals surface area contributed by atoms with Crippen LogP contribution < -0.4 is 15.8 Å². The molecule has 1 atom stereocenters. The van der Waals surface area contributed by atoms with Gasteiger partial charge in [-0.25, -0.2) is 4.98 Å². The van der Waals surface area contributed by atoms with Crippen LogP contribution in [0.25, 0.3) is 11.3 Å². The molecule has 0 bridgehead atoms. The van der Waals surface area contributed by atoms with Gasteiger partial charge in [-0.15, -0.1) is 0 Å². The molecule has 0 aliphatic carbocycles. The first kappa shape index (κ1) is 19.8. The van der Waals surface area contributed by atoms with E-state index in [9.17, 15) is 4.79 Å². The van der Waals surface area contributed by atoms with E-state index < -0.39 is 0 Å². The number of pyridine rings is 1. The molecule has 7 heteroatoms. The number of hydrogen-bond acceptors (Lipinski definition) is 5. The Hall–Kier alpha value is -3.48. The summed E-state index contributed by atoms with van der Waals surface area (Å²) in [5.74, 6) is 1.01. The third-order valence-electron chi connectivity index (χ3n) is 5.54. The Kier molecular flexibility index (Phi) is 5.61. The van der Waals surface area contributed by atoms with Crippen LogP contribution in [-0.2, 0) is 0 Å². The fourth-order valence-electron chi connectivity index (χ4n) is 4.01. The number of benzene rings is 1. The first-order chi connectivity index (χ1) is 14.6. The number of ether oxygens (including phenoxy) is 1. The maximum Gasteiger partial charge on any atom is 0.254 e. The lowest BCUT2D eigenvalue weighted by atomic mass is 9.98. The van der Waals surface area contributed by atoms with Crippen molar-refractivity contribution < 1.29 is 9.53 Å². The fourth-order valence-corrected chi connectivity index (χ4v) is 4.01. The van der Waals surface area contributed by atoms with Crippen LogP contribution in [0.4, 0.5) is 5.69 Å². The van der Waals surface area contributed by atoms with Gasteiger partial charge < -0.3 is 25.1 Å². The number of imidazole rings is 1. The second-order valence-corrected chi connectivity index (χ2v) is 7.63. The van der Waals surface area contributed by atoms with Gasteiger partial charge in [0.05, 0.1) is 12.2 Å². The molecule has 156 valence electrons. The summed E-state index contributed by atoms with van der Waals surface area (Å²) < 4.78 is 8.02. The molecule has 1 unspecified atom stereocenters. The average molecular weight is 406 g/mol. The van der Waals surface area contributed by atoms with Crippen LogP contribution >= 0.6 is 0 Å². The summed E-state index contributed by atoms with van der Waals surface area (Å²) in [7, 11) is 1.84. The lowest BCUT2D eigenvalue weighted by Crippen LogP contribution is -2.41. The summed E-state index contributed by atoms with van der Waals surface area (Å²) in [6, 6.07) is 9.46. The number of carbonyl (C=O) groups is 1. The van der Waals surface area contributed by atoms with Gasteiger partial charge in [0, 0.05) is 61.6 Å². The van der Waals surface area contributed by atoms with Crippen molar-refractivity contribution in [2.75, 3.05) is 32.1 Å². The van der Waals surface area contributed by atoms with Crippen molar-refractivity contribution in [2.24, 2.45) is 11.7 Å². The number of nitrogens with zero attached hydrogens (tertiary/aromatic N) is 3. The van der Waals surface area contributed by atoms with Crippen LogP contribution in [0.15, 0.2) is 55.5 Å². The van der Waals surface area contributed by atoms with Crippen LogP contribution in [0.5, 0.6) is 5.75 Å². The van der Waals surface area contributed by atoms with Crippen molar-refractivity contribution in [3.8, 4) is 5.75 Å². The third kappa shape index (κ3) is 3.96. The molecule has 7 nitrogen and oxygen atoms in total. The van der Waals surface area contributed by atoms with Gasteiger partial charge >= 0.3 is 0 Å². The van der Waals surface area contributed by atoms with Crippen molar-refractivity contribution >= 4 is 22.9 Å². The van der Waals surface area contributed by atoms with Crippen LogP contribution in [-0.4, -0.2) is 46.9 Å². The molecule has 1 aliphatic rings. The van der Waals surface area contributed by atoms with Crippen molar-refractivity contribution in [3.05, 3.63) is 66.6 Å². The van der Waals surface area contributed by atoms with E-state index >= 15 is 0 Å². The Morgan fingerprint density at radius 1 is 1.37 bits per heavy atom. The number of aromatic nitrogens is 2. The van der Waals surface area contributed by atoms with Crippen LogP contribution in [0.3, 0.4) is 0 Å². The number of nitrogens with two attached hydrogens (primary N) is 1. The van der Waals surface area contributed by atoms with Crippen molar-refractivity contribution in [1.82, 2.24) is 14.3 Å². The standard InChI is InChI=1S/C23H27N5O2/c1-16(24)22-19(25-2)6-3-7-20(22)30-15-17-5-4-10-28(14-17)23(29)18-8-11-27-12-9-26-21(27)13-18/h3,6-9,11-13,17,25H,1,4-5,10,14-15,24H2,2H3. The Morgan fingerprint density at radius 3 is 3.03 bits per heavy atom. The summed E-state index contributed by atoms with van der Waals surface area (Å²) in [5, 5.41) is 3.13. The minimum absolute atomic E-state index is 0.0402. The number of rotatable bonds is 6. The maximum atomic E-state index is 13.0. The highest BCUT2D eigenvalue weighted by molar-refractivity contribution is 5.95. The zero-order valence-electron chi connectivity index (χ0n) is 17.2. The summed E-state index contributed by atoms with van der Waals surface area (Å²) >= 11 is 0. The van der Waals surface area contributed by atoms with E-state index in [1.54, 1.807) is 6.20 Å². The maximum absolute atomic E-state index is 13.0. The van der Waals surface area contributed by atoms with E-state index in [1.807, 2.05) is 59.1 Å². The van der Waals surface area contributed by atoms with Gasteiger partial charge in [0.25, 0.3) is 5.91 Å². The summed E-state index contributed by atoms with van der Waals surface area (Å²) in [6.45, 7) is 5.83. The first-order valence-corrected chi connectivity index (χ1v) is 10.2. The van der Waals surface area contributed by atoms with Crippen LogP contribution in [0.1, 0.15) is 28.8 Å². The minimum Gasteiger partial charge on any atom is -0.492 e. The zero-order valence-corrected chi connectivity index (χ0v) is 17.2. The molecular weight excluding hydrogens is 378 g/mol. The van der Waals surface area contributed by atoms with E-state index in [4.69, 9.17) is 10.5 Å². The minimum atomic E-state index is 0.0402. The second-order valence-electron chi connectivity index (χ2n) is 7.63. The Balaban J connectivity index is 1.43. The molecule has 1 aromatic carbocycles. The van der Waals surface area contributed by atoms with Gasteiger partial charge in [-0.2, -0.15) is 0 Å². The van der Waals surface area contributed by atoms with Gasteiger partial charge in [-0.3, -0.25) is 4.79 Å². The normalized spacial score (nSPS) is 16.4. The van der Waals surface area contributed by atoms with E-state index in [-0.39, 0.29) is 11.8 Å². The SMILES string of the molecule is C=C(N)c1c(NC)cccc1OCC1CCCN(C(=O)c2ccn3ccnc3c2)C1. The van der Waals surface area contributed by atoms with E-state index in [0.717, 1.165) is 36.3 Å². The van der Waals surface area contributed by atoms with Crippen LogP contribution in [0, 0.1) is 5.92 Å². The second kappa shape index (κ2) is 8.49.